The summed E-state index contributed by atoms with van der Waals surface area (Å²) in [4.78, 5) is 26.3. The lowest BCUT2D eigenvalue weighted by atomic mass is 10.1. The Bertz CT molecular complexity index is 1110. The van der Waals surface area contributed by atoms with Gasteiger partial charge in [0.1, 0.15) is 4.87 Å². The van der Waals surface area contributed by atoms with Crippen LogP contribution in [0, 0.1) is 6.92 Å². The quantitative estimate of drug-likeness (QED) is 0.554. The van der Waals surface area contributed by atoms with Gasteiger partial charge in [-0.3, -0.25) is 14.3 Å². The lowest BCUT2D eigenvalue weighted by Gasteiger charge is -2.47. The summed E-state index contributed by atoms with van der Waals surface area (Å²) in [5.74, 6) is 0. The van der Waals surface area contributed by atoms with Gasteiger partial charge in [-0.25, -0.2) is 4.79 Å². The summed E-state index contributed by atoms with van der Waals surface area (Å²) in [6.45, 7) is 3.70. The maximum absolute atomic E-state index is 12.6. The fraction of sp³-hybridized carbons (Fsp3) is 0.333. The summed E-state index contributed by atoms with van der Waals surface area (Å²) in [5, 5.41) is 0.253. The Hall–Kier alpha value is -2.61. The molecule has 2 atom stereocenters. The molecule has 1 fully saturated rings. The molecule has 1 aliphatic rings. The molecule has 0 radical (unpaired) electrons. The van der Waals surface area contributed by atoms with E-state index in [0.29, 0.717) is 32.0 Å². The maximum Gasteiger partial charge on any atom is 0.329 e. The molecule has 2 heterocycles. The van der Waals surface area contributed by atoms with E-state index in [0.717, 1.165) is 17.5 Å². The number of hydrogen-bond donors (Lipinski definition) is 1. The molecular formula is C24H26N2O4S. The second kappa shape index (κ2) is 9.68. The first kappa shape index (κ1) is 21.6. The van der Waals surface area contributed by atoms with Crippen LogP contribution in [0.15, 0.2) is 76.4 Å². The summed E-state index contributed by atoms with van der Waals surface area (Å²) >= 11 is 1.66. The van der Waals surface area contributed by atoms with Crippen LogP contribution in [0.25, 0.3) is 0 Å². The first-order valence-electron chi connectivity index (χ1n) is 10.3. The summed E-state index contributed by atoms with van der Waals surface area (Å²) in [6, 6.07) is 20.0. The highest BCUT2D eigenvalue weighted by molar-refractivity contribution is 8.02. The number of nitrogens with zero attached hydrogens (tertiary/aromatic N) is 1. The summed E-state index contributed by atoms with van der Waals surface area (Å²) in [7, 11) is 0. The zero-order valence-electron chi connectivity index (χ0n) is 17.5. The fourth-order valence-corrected chi connectivity index (χ4v) is 5.27. The number of aryl methyl sites for hydroxylation is 1. The number of hydrogen-bond acceptors (Lipinski definition) is 5. The van der Waals surface area contributed by atoms with Crippen molar-refractivity contribution >= 4 is 11.8 Å². The molecule has 0 amide bonds. The van der Waals surface area contributed by atoms with E-state index in [9.17, 15) is 9.59 Å². The van der Waals surface area contributed by atoms with Crippen molar-refractivity contribution in [1.29, 1.82) is 0 Å². The van der Waals surface area contributed by atoms with Crippen molar-refractivity contribution in [3.8, 4) is 0 Å². The molecule has 1 saturated heterocycles. The molecule has 7 heteroatoms. The third-order valence-electron chi connectivity index (χ3n) is 5.35. The Labute approximate surface area is 185 Å². The largest absolute Gasteiger partial charge is 0.376 e. The van der Waals surface area contributed by atoms with Crippen LogP contribution >= 0.6 is 11.8 Å². The van der Waals surface area contributed by atoms with Crippen molar-refractivity contribution in [2.24, 2.45) is 0 Å². The van der Waals surface area contributed by atoms with E-state index in [1.54, 1.807) is 29.4 Å². The number of thioether (sulfide) groups is 1. The lowest BCUT2D eigenvalue weighted by Crippen LogP contribution is -2.54. The highest BCUT2D eigenvalue weighted by Gasteiger charge is 2.48. The van der Waals surface area contributed by atoms with Gasteiger partial charge in [-0.15, -0.1) is 11.8 Å². The van der Waals surface area contributed by atoms with E-state index in [-0.39, 0.29) is 10.8 Å². The van der Waals surface area contributed by atoms with Crippen LogP contribution < -0.4 is 11.2 Å². The average molecular weight is 439 g/mol. The first-order valence-corrected chi connectivity index (χ1v) is 11.2. The predicted octanol–water partition coefficient (Wildman–Crippen LogP) is 3.44. The van der Waals surface area contributed by atoms with Gasteiger partial charge in [-0.2, -0.15) is 0 Å². The van der Waals surface area contributed by atoms with Gasteiger partial charge >= 0.3 is 5.69 Å². The maximum atomic E-state index is 12.6. The Morgan fingerprint density at radius 1 is 1.00 bits per heavy atom. The van der Waals surface area contributed by atoms with Gasteiger partial charge in [-0.1, -0.05) is 60.7 Å². The van der Waals surface area contributed by atoms with Crippen LogP contribution in [0.4, 0.5) is 0 Å². The van der Waals surface area contributed by atoms with Crippen LogP contribution in [0.2, 0.25) is 0 Å². The molecule has 0 aliphatic carbocycles. The summed E-state index contributed by atoms with van der Waals surface area (Å²) < 4.78 is 13.5. The summed E-state index contributed by atoms with van der Waals surface area (Å²) in [5.41, 5.74) is 1.96. The molecule has 1 aliphatic heterocycles. The third kappa shape index (κ3) is 5.18. The molecule has 3 aromatic rings. The molecule has 0 saturated carbocycles. The molecular weight excluding hydrogens is 412 g/mol. The number of benzene rings is 2. The van der Waals surface area contributed by atoms with E-state index < -0.39 is 10.6 Å². The van der Waals surface area contributed by atoms with Crippen molar-refractivity contribution in [2.45, 2.75) is 36.7 Å². The zero-order valence-corrected chi connectivity index (χ0v) is 18.3. The monoisotopic (exact) mass is 438 g/mol. The van der Waals surface area contributed by atoms with E-state index in [1.165, 1.54) is 0 Å². The molecule has 0 spiro atoms. The molecule has 4 rings (SSSR count). The Balaban J connectivity index is 1.42. The van der Waals surface area contributed by atoms with Gasteiger partial charge in [0.15, 0.2) is 0 Å². The smallest absolute Gasteiger partial charge is 0.329 e. The summed E-state index contributed by atoms with van der Waals surface area (Å²) in [6.07, 6.45) is 2.37. The predicted molar refractivity (Wildman–Crippen MR) is 122 cm³/mol. The highest BCUT2D eigenvalue weighted by Crippen LogP contribution is 2.50. The van der Waals surface area contributed by atoms with Gasteiger partial charge in [0, 0.05) is 17.0 Å². The first-order chi connectivity index (χ1) is 15.1. The molecule has 6 nitrogen and oxygen atoms in total. The van der Waals surface area contributed by atoms with Crippen LogP contribution in [0.1, 0.15) is 23.1 Å². The van der Waals surface area contributed by atoms with Crippen molar-refractivity contribution < 1.29 is 9.47 Å². The number of ether oxygens (including phenoxy) is 2. The van der Waals surface area contributed by atoms with Gasteiger partial charge in [0.2, 0.25) is 0 Å². The van der Waals surface area contributed by atoms with Crippen LogP contribution in [-0.4, -0.2) is 28.0 Å². The Morgan fingerprint density at radius 3 is 2.19 bits per heavy atom. The molecule has 1 N–H and O–H groups in total. The second-order valence-corrected chi connectivity index (χ2v) is 9.47. The van der Waals surface area contributed by atoms with E-state index in [1.807, 2.05) is 60.7 Å². The third-order valence-corrected chi connectivity index (χ3v) is 6.90. The van der Waals surface area contributed by atoms with Gasteiger partial charge in [-0.05, 0) is 24.5 Å². The molecule has 1 aromatic heterocycles. The fourth-order valence-electron chi connectivity index (χ4n) is 3.72. The lowest BCUT2D eigenvalue weighted by molar-refractivity contribution is 0.0530. The minimum absolute atomic E-state index is 0.253. The molecule has 0 bridgehead atoms. The Kier molecular flexibility index (Phi) is 6.75. The second-order valence-electron chi connectivity index (χ2n) is 7.81. The SMILES string of the molecule is Cc1cn([C@]2(COCc3ccccc3)C[C@@H](COCc3ccccc3)S2)c(=O)[nH]c1=O. The highest BCUT2D eigenvalue weighted by atomic mass is 32.2. The van der Waals surface area contributed by atoms with Gasteiger partial charge in [0.05, 0.1) is 26.4 Å². The van der Waals surface area contributed by atoms with Crippen LogP contribution in [0.5, 0.6) is 0 Å². The standard InChI is InChI=1S/C24H26N2O4S/c1-18-13-26(23(28)25-22(18)27)24(17-30-15-20-10-6-3-7-11-20)12-21(31-24)16-29-14-19-8-4-2-5-9-19/h2-11,13,21H,12,14-17H2,1H3,(H,25,27,28)/t21-,24+/m0/s1. The number of rotatable bonds is 9. The molecule has 162 valence electrons. The number of aromatic nitrogens is 2. The zero-order chi connectivity index (χ0) is 21.7. The Morgan fingerprint density at radius 2 is 1.58 bits per heavy atom. The number of H-pyrrole nitrogens is 1. The van der Waals surface area contributed by atoms with Gasteiger partial charge < -0.3 is 9.47 Å². The van der Waals surface area contributed by atoms with E-state index in [2.05, 4.69) is 4.98 Å². The molecule has 2 aromatic carbocycles. The van der Waals surface area contributed by atoms with Crippen LogP contribution in [-0.2, 0) is 27.6 Å². The van der Waals surface area contributed by atoms with Crippen molar-refractivity contribution in [3.05, 3.63) is 104 Å². The minimum Gasteiger partial charge on any atom is -0.376 e. The average Bonchev–Trinajstić information content (AvgIpc) is 2.75. The topological polar surface area (TPSA) is 73.3 Å². The molecule has 31 heavy (non-hydrogen) atoms. The normalized spacial score (nSPS) is 20.4. The van der Waals surface area contributed by atoms with E-state index in [4.69, 9.17) is 9.47 Å². The van der Waals surface area contributed by atoms with E-state index >= 15 is 0 Å². The number of aromatic amines is 1. The molecule has 0 unspecified atom stereocenters. The van der Waals surface area contributed by atoms with Crippen molar-refractivity contribution in [3.63, 3.8) is 0 Å². The van der Waals surface area contributed by atoms with Crippen molar-refractivity contribution in [1.82, 2.24) is 9.55 Å². The number of nitrogens with one attached hydrogen (secondary N) is 1. The van der Waals surface area contributed by atoms with Crippen LogP contribution in [0.3, 0.4) is 0 Å². The minimum atomic E-state index is -0.554. The van der Waals surface area contributed by atoms with Gasteiger partial charge in [0.25, 0.3) is 5.56 Å². The van der Waals surface area contributed by atoms with Crippen molar-refractivity contribution in [2.75, 3.05) is 13.2 Å².